The molecule has 39 heavy (non-hydrogen) atoms. The van der Waals surface area contributed by atoms with Gasteiger partial charge in [-0.25, -0.2) is 23.5 Å². The Labute approximate surface area is 223 Å². The first kappa shape index (κ1) is 27.1. The fraction of sp³-hybridized carbons (Fsp3) is 0.346. The Morgan fingerprint density at radius 2 is 1.95 bits per heavy atom. The lowest BCUT2D eigenvalue weighted by Crippen LogP contribution is -2.52. The van der Waals surface area contributed by atoms with E-state index < -0.39 is 17.7 Å². The number of hydrogen-bond donors (Lipinski definition) is 2. The summed E-state index contributed by atoms with van der Waals surface area (Å²) in [5.74, 6) is -0.888. The molecule has 0 bridgehead atoms. The first-order valence-corrected chi connectivity index (χ1v) is 12.2. The molecule has 3 heterocycles. The second-order valence-electron chi connectivity index (χ2n) is 9.03. The smallest absolute Gasteiger partial charge is 0.318 e. The second-order valence-corrected chi connectivity index (χ2v) is 9.03. The predicted octanol–water partition coefficient (Wildman–Crippen LogP) is 3.24. The van der Waals surface area contributed by atoms with Crippen molar-refractivity contribution in [3.63, 3.8) is 0 Å². The van der Waals surface area contributed by atoms with E-state index in [0.717, 1.165) is 18.5 Å². The number of hydrogen-bond acceptors (Lipinski definition) is 8. The van der Waals surface area contributed by atoms with Crippen LogP contribution in [0.5, 0.6) is 0 Å². The fourth-order valence-corrected chi connectivity index (χ4v) is 4.57. The Hall–Kier alpha value is -4.91. The minimum Gasteiger partial charge on any atom is -0.337 e. The largest absolute Gasteiger partial charge is 0.337 e. The molecule has 1 aliphatic heterocycles. The Morgan fingerprint density at radius 3 is 2.62 bits per heavy atom. The molecule has 3 aromatic rings. The number of nitrogens with zero attached hydrogens (tertiary/aromatic N) is 8. The summed E-state index contributed by atoms with van der Waals surface area (Å²) in [4.78, 5) is 25.1. The number of halogens is 2. The van der Waals surface area contributed by atoms with Crippen LogP contribution in [0.4, 0.5) is 19.5 Å². The number of nitrogens with one attached hydrogen (secondary N) is 2. The highest BCUT2D eigenvalue weighted by atomic mass is 19.1. The predicted molar refractivity (Wildman–Crippen MR) is 138 cm³/mol. The van der Waals surface area contributed by atoms with E-state index >= 15 is 0 Å². The molecule has 2 aromatic heterocycles. The molecule has 11 nitrogen and oxygen atoms in total. The van der Waals surface area contributed by atoms with Crippen molar-refractivity contribution in [2.75, 3.05) is 31.1 Å². The highest BCUT2D eigenvalue weighted by molar-refractivity contribution is 5.76. The van der Waals surface area contributed by atoms with Gasteiger partial charge < -0.3 is 20.5 Å². The maximum Gasteiger partial charge on any atom is 0.318 e. The van der Waals surface area contributed by atoms with Crippen molar-refractivity contribution in [2.45, 2.75) is 32.9 Å². The van der Waals surface area contributed by atoms with E-state index in [2.05, 4.69) is 20.4 Å². The first-order chi connectivity index (χ1) is 18.7. The fourth-order valence-electron chi connectivity index (χ4n) is 4.57. The van der Waals surface area contributed by atoms with Crippen molar-refractivity contribution >= 4 is 18.2 Å². The lowest BCUT2D eigenvalue weighted by atomic mass is 10.0. The van der Waals surface area contributed by atoms with Crippen molar-refractivity contribution in [1.29, 1.82) is 15.9 Å². The summed E-state index contributed by atoms with van der Waals surface area (Å²) in [6, 6.07) is 6.70. The highest BCUT2D eigenvalue weighted by Crippen LogP contribution is 2.29. The molecule has 0 unspecified atom stereocenters. The van der Waals surface area contributed by atoms with Gasteiger partial charge in [0.05, 0.1) is 35.6 Å². The maximum absolute atomic E-state index is 14.8. The van der Waals surface area contributed by atoms with E-state index in [1.165, 1.54) is 16.8 Å². The van der Waals surface area contributed by atoms with Gasteiger partial charge in [-0.05, 0) is 43.8 Å². The molecule has 1 fully saturated rings. The van der Waals surface area contributed by atoms with Crippen molar-refractivity contribution in [3.8, 4) is 23.4 Å². The van der Waals surface area contributed by atoms with Gasteiger partial charge in [0, 0.05) is 43.9 Å². The number of aromatic nitrogens is 4. The third kappa shape index (κ3) is 5.83. The number of anilines is 1. The van der Waals surface area contributed by atoms with E-state index in [9.17, 15) is 13.6 Å². The summed E-state index contributed by atoms with van der Waals surface area (Å²) < 4.78 is 30.2. The van der Waals surface area contributed by atoms with Crippen LogP contribution in [-0.4, -0.2) is 63.1 Å². The minimum atomic E-state index is -0.674. The van der Waals surface area contributed by atoms with E-state index in [1.54, 1.807) is 18.7 Å². The molecule has 0 aliphatic carbocycles. The zero-order valence-electron chi connectivity index (χ0n) is 21.4. The molecule has 0 radical (unpaired) electrons. The van der Waals surface area contributed by atoms with Crippen molar-refractivity contribution < 1.29 is 13.6 Å². The zero-order chi connectivity index (χ0) is 28.1. The molecule has 4 rings (SSSR count). The summed E-state index contributed by atoms with van der Waals surface area (Å²) in [6.07, 6.45) is 2.36. The van der Waals surface area contributed by atoms with Crippen LogP contribution in [0.25, 0.3) is 11.3 Å². The number of amides is 2. The number of aryl methyl sites for hydroxylation is 1. The first-order valence-electron chi connectivity index (χ1n) is 12.2. The Kier molecular flexibility index (Phi) is 8.10. The third-order valence-corrected chi connectivity index (χ3v) is 6.52. The number of rotatable bonds is 7. The maximum atomic E-state index is 14.8. The molecule has 2 N–H and O–H groups in total. The van der Waals surface area contributed by atoms with Crippen LogP contribution in [0.1, 0.15) is 35.0 Å². The summed E-state index contributed by atoms with van der Waals surface area (Å²) in [5.41, 5.74) is 2.31. The number of carbonyl (C=O) groups excluding carboxylic acids is 1. The summed E-state index contributed by atoms with van der Waals surface area (Å²) in [6.45, 7) is 4.94. The molecular formula is C26H26F2N10O. The van der Waals surface area contributed by atoms with Gasteiger partial charge >= 0.3 is 6.03 Å². The van der Waals surface area contributed by atoms with Crippen LogP contribution in [0.15, 0.2) is 24.4 Å². The van der Waals surface area contributed by atoms with Crippen LogP contribution in [0, 0.1) is 53.6 Å². The molecule has 1 aliphatic rings. The van der Waals surface area contributed by atoms with E-state index in [1.807, 2.05) is 17.0 Å². The van der Waals surface area contributed by atoms with Crippen molar-refractivity contribution in [3.05, 3.63) is 58.5 Å². The van der Waals surface area contributed by atoms with Gasteiger partial charge in [-0.3, -0.25) is 4.68 Å². The van der Waals surface area contributed by atoms with E-state index in [4.69, 9.17) is 15.9 Å². The topological polar surface area (TPSA) is 151 Å². The average molecular weight is 533 g/mol. The SMILES string of the molecule is Cc1nn(CC#N)c(C)c1-c1nc(N2CCN(C(=O)N[C@@H](CC=N)c3cc(F)cc(C#N)c3)CC2)ncc1F. The van der Waals surface area contributed by atoms with Crippen molar-refractivity contribution in [2.24, 2.45) is 0 Å². The molecule has 1 atom stereocenters. The molecule has 0 saturated carbocycles. The summed E-state index contributed by atoms with van der Waals surface area (Å²) in [5, 5.41) is 32.8. The lowest BCUT2D eigenvalue weighted by Gasteiger charge is -2.35. The Bertz CT molecular complexity index is 1480. The van der Waals surface area contributed by atoms with Gasteiger partial charge in [-0.2, -0.15) is 15.6 Å². The molecule has 0 spiro atoms. The van der Waals surface area contributed by atoms with Gasteiger partial charge in [-0.1, -0.05) is 0 Å². The van der Waals surface area contributed by atoms with E-state index in [0.29, 0.717) is 54.6 Å². The van der Waals surface area contributed by atoms with Crippen molar-refractivity contribution in [1.82, 2.24) is 30.0 Å². The quantitative estimate of drug-likeness (QED) is 0.443. The van der Waals surface area contributed by atoms with Crippen LogP contribution in [0.2, 0.25) is 0 Å². The normalized spacial score (nSPS) is 13.9. The summed E-state index contributed by atoms with van der Waals surface area (Å²) >= 11 is 0. The monoisotopic (exact) mass is 532 g/mol. The molecule has 1 aromatic carbocycles. The van der Waals surface area contributed by atoms with Crippen LogP contribution in [-0.2, 0) is 6.54 Å². The number of carbonyl (C=O) groups is 1. The van der Waals surface area contributed by atoms with Crippen LogP contribution in [0.3, 0.4) is 0 Å². The van der Waals surface area contributed by atoms with Crippen LogP contribution < -0.4 is 10.2 Å². The number of urea groups is 1. The van der Waals surface area contributed by atoms with Gasteiger partial charge in [0.25, 0.3) is 0 Å². The molecule has 13 heteroatoms. The van der Waals surface area contributed by atoms with Gasteiger partial charge in [-0.15, -0.1) is 0 Å². The number of piperazine rings is 1. The number of nitriles is 2. The minimum absolute atomic E-state index is 0.0373. The summed E-state index contributed by atoms with van der Waals surface area (Å²) in [7, 11) is 0. The van der Waals surface area contributed by atoms with E-state index in [-0.39, 0.29) is 30.3 Å². The average Bonchev–Trinajstić information content (AvgIpc) is 3.20. The van der Waals surface area contributed by atoms with Gasteiger partial charge in [0.2, 0.25) is 5.95 Å². The zero-order valence-corrected chi connectivity index (χ0v) is 21.4. The standard InChI is InChI=1S/C26H26F2N10O/c1-16-23(17(2)38(35-16)6-5-30)24-21(28)15-32-25(34-24)36-7-9-37(10-8-36)26(39)33-22(3-4-29)19-11-18(14-31)12-20(27)13-19/h4,11-13,15,22,29H,3,6-10H2,1-2H3,(H,33,39)/t22-/m0/s1. The van der Waals surface area contributed by atoms with Gasteiger partial charge in [0.1, 0.15) is 18.1 Å². The molecule has 2 amide bonds. The Morgan fingerprint density at radius 1 is 1.21 bits per heavy atom. The third-order valence-electron chi connectivity index (χ3n) is 6.52. The Balaban J connectivity index is 1.46. The number of benzene rings is 1. The van der Waals surface area contributed by atoms with Crippen LogP contribution >= 0.6 is 0 Å². The molecule has 200 valence electrons. The highest BCUT2D eigenvalue weighted by Gasteiger charge is 2.26. The van der Waals surface area contributed by atoms with Gasteiger partial charge in [0.15, 0.2) is 5.82 Å². The lowest BCUT2D eigenvalue weighted by molar-refractivity contribution is 0.190. The second kappa shape index (κ2) is 11.6. The molecular weight excluding hydrogens is 506 g/mol. The molecule has 1 saturated heterocycles.